The van der Waals surface area contributed by atoms with E-state index >= 15 is 0 Å². The first-order chi connectivity index (χ1) is 17.4. The number of unbranched alkanes of at least 4 members (excludes halogenated alkanes) is 1. The van der Waals surface area contributed by atoms with E-state index in [0.29, 0.717) is 43.7 Å². The Labute approximate surface area is 221 Å². The number of benzene rings is 1. The van der Waals surface area contributed by atoms with Crippen molar-refractivity contribution in [2.75, 3.05) is 26.4 Å². The Morgan fingerprint density at radius 3 is 2.56 bits per heavy atom. The highest BCUT2D eigenvalue weighted by atomic mass is 35.5. The standard InChI is InChI=1S/C27H33ClN4O3S/c1-5-34-14-15-35-13-7-6-8-22(33)16-23-26-31-30-19(4)32(26)27-24(17(2)18(3)36-27)25(29-23)20-9-11-21(28)12-10-20/h9-12,23H,5-8,13-16H2,1-4H3/t23-/m0/s1. The van der Waals surface area contributed by atoms with E-state index in [1.807, 2.05) is 38.1 Å². The first kappa shape index (κ1) is 26.7. The maximum Gasteiger partial charge on any atom is 0.163 e. The largest absolute Gasteiger partial charge is 0.379 e. The third kappa shape index (κ3) is 5.94. The molecule has 0 bridgehead atoms. The van der Waals surface area contributed by atoms with E-state index in [9.17, 15) is 4.79 Å². The van der Waals surface area contributed by atoms with Gasteiger partial charge in [-0.1, -0.05) is 23.7 Å². The normalized spacial score (nSPS) is 14.8. The van der Waals surface area contributed by atoms with Crippen LogP contribution in [0, 0.1) is 20.8 Å². The lowest BCUT2D eigenvalue weighted by Gasteiger charge is -2.12. The van der Waals surface area contributed by atoms with Crippen LogP contribution in [-0.2, 0) is 14.3 Å². The van der Waals surface area contributed by atoms with Gasteiger partial charge >= 0.3 is 0 Å². The summed E-state index contributed by atoms with van der Waals surface area (Å²) >= 11 is 7.88. The van der Waals surface area contributed by atoms with Crippen LogP contribution >= 0.6 is 22.9 Å². The Morgan fingerprint density at radius 2 is 1.81 bits per heavy atom. The molecule has 0 saturated heterocycles. The van der Waals surface area contributed by atoms with Crippen molar-refractivity contribution in [1.29, 1.82) is 0 Å². The van der Waals surface area contributed by atoms with E-state index in [1.165, 1.54) is 10.4 Å². The highest BCUT2D eigenvalue weighted by molar-refractivity contribution is 7.15. The van der Waals surface area contributed by atoms with Crippen LogP contribution in [0.2, 0.25) is 5.02 Å². The maximum absolute atomic E-state index is 13.0. The summed E-state index contributed by atoms with van der Waals surface area (Å²) in [5, 5.41) is 10.6. The van der Waals surface area contributed by atoms with Crippen molar-refractivity contribution in [3.05, 3.63) is 62.5 Å². The molecule has 2 aromatic heterocycles. The van der Waals surface area contributed by atoms with Crippen molar-refractivity contribution in [2.45, 2.75) is 59.4 Å². The summed E-state index contributed by atoms with van der Waals surface area (Å²) in [6.45, 7) is 10.7. The molecule has 1 aliphatic heterocycles. The van der Waals surface area contributed by atoms with Gasteiger partial charge in [0.05, 0.1) is 18.9 Å². The first-order valence-corrected chi connectivity index (χ1v) is 13.6. The van der Waals surface area contributed by atoms with Crippen LogP contribution in [0.3, 0.4) is 0 Å². The van der Waals surface area contributed by atoms with Gasteiger partial charge in [0, 0.05) is 47.1 Å². The van der Waals surface area contributed by atoms with Crippen LogP contribution in [0.4, 0.5) is 0 Å². The van der Waals surface area contributed by atoms with Gasteiger partial charge in [0.25, 0.3) is 0 Å². The quantitative estimate of drug-likeness (QED) is 0.270. The van der Waals surface area contributed by atoms with E-state index in [2.05, 4.69) is 28.6 Å². The van der Waals surface area contributed by atoms with Gasteiger partial charge < -0.3 is 9.47 Å². The molecule has 4 rings (SSSR count). The summed E-state index contributed by atoms with van der Waals surface area (Å²) in [4.78, 5) is 19.4. The Kier molecular flexibility index (Phi) is 9.06. The molecule has 192 valence electrons. The molecular formula is C27H33ClN4O3S. The van der Waals surface area contributed by atoms with Gasteiger partial charge in [-0.2, -0.15) is 0 Å². The molecule has 0 spiro atoms. The second kappa shape index (κ2) is 12.2. The predicted octanol–water partition coefficient (Wildman–Crippen LogP) is 5.98. The molecule has 0 amide bonds. The summed E-state index contributed by atoms with van der Waals surface area (Å²) in [5.74, 6) is 1.67. The van der Waals surface area contributed by atoms with Crippen molar-refractivity contribution in [1.82, 2.24) is 14.8 Å². The lowest BCUT2D eigenvalue weighted by molar-refractivity contribution is -0.119. The Balaban J connectivity index is 1.56. The number of rotatable bonds is 12. The highest BCUT2D eigenvalue weighted by Gasteiger charge is 2.32. The lowest BCUT2D eigenvalue weighted by Crippen LogP contribution is -2.11. The minimum Gasteiger partial charge on any atom is -0.379 e. The monoisotopic (exact) mass is 528 g/mol. The molecule has 9 heteroatoms. The van der Waals surface area contributed by atoms with Crippen LogP contribution in [0.25, 0.3) is 5.00 Å². The number of carbonyl (C=O) groups excluding carboxylic acids is 1. The summed E-state index contributed by atoms with van der Waals surface area (Å²) in [6, 6.07) is 7.31. The summed E-state index contributed by atoms with van der Waals surface area (Å²) in [7, 11) is 0. The van der Waals surface area contributed by atoms with Gasteiger partial charge in [0.1, 0.15) is 22.7 Å². The Morgan fingerprint density at radius 1 is 1.06 bits per heavy atom. The number of hydrogen-bond acceptors (Lipinski definition) is 7. The molecule has 3 heterocycles. The van der Waals surface area contributed by atoms with Crippen molar-refractivity contribution in [2.24, 2.45) is 4.99 Å². The van der Waals surface area contributed by atoms with Crippen molar-refractivity contribution < 1.29 is 14.3 Å². The van der Waals surface area contributed by atoms with Gasteiger partial charge in [-0.15, -0.1) is 21.5 Å². The summed E-state index contributed by atoms with van der Waals surface area (Å²) < 4.78 is 12.9. The molecule has 1 aliphatic rings. The smallest absolute Gasteiger partial charge is 0.163 e. The van der Waals surface area contributed by atoms with E-state index in [-0.39, 0.29) is 12.2 Å². The lowest BCUT2D eigenvalue weighted by atomic mass is 9.99. The van der Waals surface area contributed by atoms with Crippen LogP contribution in [0.15, 0.2) is 29.3 Å². The van der Waals surface area contributed by atoms with Crippen molar-refractivity contribution in [3.8, 4) is 5.00 Å². The van der Waals surface area contributed by atoms with Crippen LogP contribution in [0.5, 0.6) is 0 Å². The number of aryl methyl sites for hydroxylation is 2. The molecule has 0 unspecified atom stereocenters. The molecule has 0 N–H and O–H groups in total. The van der Waals surface area contributed by atoms with Gasteiger partial charge in [-0.05, 0) is 58.2 Å². The predicted molar refractivity (Wildman–Crippen MR) is 144 cm³/mol. The summed E-state index contributed by atoms with van der Waals surface area (Å²) in [6.07, 6.45) is 2.40. The number of ketones is 1. The highest BCUT2D eigenvalue weighted by Crippen LogP contribution is 2.39. The first-order valence-electron chi connectivity index (χ1n) is 12.4. The zero-order chi connectivity index (χ0) is 25.7. The van der Waals surface area contributed by atoms with Gasteiger partial charge in [0.15, 0.2) is 5.82 Å². The fourth-order valence-electron chi connectivity index (χ4n) is 4.34. The number of fused-ring (bicyclic) bond motifs is 3. The van der Waals surface area contributed by atoms with Crippen LogP contribution in [0.1, 0.15) is 71.9 Å². The van der Waals surface area contributed by atoms with E-state index in [4.69, 9.17) is 26.1 Å². The molecule has 0 fully saturated rings. The number of Topliss-reactive ketones (excluding diaryl/α,β-unsaturated/α-hetero) is 1. The number of nitrogens with zero attached hydrogens (tertiary/aromatic N) is 4. The van der Waals surface area contributed by atoms with Gasteiger partial charge in [-0.3, -0.25) is 14.4 Å². The second-order valence-electron chi connectivity index (χ2n) is 8.91. The average molecular weight is 529 g/mol. The fraction of sp³-hybridized carbons (Fsp3) is 0.481. The molecule has 1 atom stereocenters. The zero-order valence-electron chi connectivity index (χ0n) is 21.3. The molecule has 1 aromatic carbocycles. The van der Waals surface area contributed by atoms with E-state index in [0.717, 1.165) is 40.5 Å². The number of thiophene rings is 1. The minimum atomic E-state index is -0.411. The zero-order valence-corrected chi connectivity index (χ0v) is 22.9. The average Bonchev–Trinajstić information content (AvgIpc) is 3.33. The Hall–Kier alpha value is -2.39. The number of ether oxygens (including phenoxy) is 2. The number of carbonyl (C=O) groups is 1. The van der Waals surface area contributed by atoms with Crippen molar-refractivity contribution >= 4 is 34.4 Å². The second-order valence-corrected chi connectivity index (χ2v) is 10.6. The number of hydrogen-bond donors (Lipinski definition) is 0. The van der Waals surface area contributed by atoms with E-state index in [1.54, 1.807) is 11.3 Å². The minimum absolute atomic E-state index is 0.166. The van der Waals surface area contributed by atoms with Gasteiger partial charge in [-0.25, -0.2) is 0 Å². The molecule has 0 aliphatic carbocycles. The topological polar surface area (TPSA) is 78.6 Å². The van der Waals surface area contributed by atoms with Crippen LogP contribution in [-0.4, -0.2) is 52.7 Å². The molecule has 3 aromatic rings. The third-order valence-corrected chi connectivity index (χ3v) is 7.79. The van der Waals surface area contributed by atoms with Gasteiger partial charge in [0.2, 0.25) is 0 Å². The number of aliphatic imine (C=N–C) groups is 1. The molecule has 0 radical (unpaired) electrons. The maximum atomic E-state index is 13.0. The third-order valence-electron chi connectivity index (χ3n) is 6.35. The molecular weight excluding hydrogens is 496 g/mol. The summed E-state index contributed by atoms with van der Waals surface area (Å²) in [5.41, 5.74) is 4.09. The number of halogens is 1. The number of aromatic nitrogens is 3. The Bertz CT molecular complexity index is 1230. The molecule has 36 heavy (non-hydrogen) atoms. The van der Waals surface area contributed by atoms with Crippen LogP contribution < -0.4 is 0 Å². The molecule has 7 nitrogen and oxygen atoms in total. The SMILES string of the molecule is CCOCCOCCCCC(=O)C[C@@H]1N=C(c2ccc(Cl)cc2)c2c(sc(C)c2C)-n2c(C)nnc21. The van der Waals surface area contributed by atoms with E-state index < -0.39 is 6.04 Å². The molecule has 0 saturated carbocycles. The van der Waals surface area contributed by atoms with Crippen molar-refractivity contribution in [3.63, 3.8) is 0 Å². The fourth-order valence-corrected chi connectivity index (χ4v) is 5.68.